The number of benzene rings is 1. The molecule has 3 rings (SSSR count). The van der Waals surface area contributed by atoms with Crippen molar-refractivity contribution in [3.63, 3.8) is 0 Å². The van der Waals surface area contributed by atoms with Gasteiger partial charge < -0.3 is 14.0 Å². The van der Waals surface area contributed by atoms with Gasteiger partial charge in [0, 0.05) is 10.9 Å². The molecule has 0 unspecified atom stereocenters. The minimum Gasteiger partial charge on any atom is -0.497 e. The molecule has 0 saturated carbocycles. The number of rotatable bonds is 3. The Morgan fingerprint density at radius 3 is 2.45 bits per heavy atom. The van der Waals surface area contributed by atoms with E-state index < -0.39 is 7.12 Å². The zero-order valence-electron chi connectivity index (χ0n) is 13.5. The van der Waals surface area contributed by atoms with Gasteiger partial charge in [0.15, 0.2) is 0 Å². The Hall–Kier alpha value is -1.37. The van der Waals surface area contributed by atoms with Crippen LogP contribution in [0.25, 0.3) is 10.6 Å². The van der Waals surface area contributed by atoms with Gasteiger partial charge in [-0.05, 0) is 39.8 Å². The first-order valence-electron chi connectivity index (χ1n) is 7.28. The van der Waals surface area contributed by atoms with E-state index in [0.29, 0.717) is 0 Å². The molecular formula is C16H20BNO3S. The maximum atomic E-state index is 6.04. The van der Waals surface area contributed by atoms with Crippen molar-refractivity contribution in [1.29, 1.82) is 0 Å². The molecule has 116 valence electrons. The van der Waals surface area contributed by atoms with Gasteiger partial charge in [-0.1, -0.05) is 12.1 Å². The quantitative estimate of drug-likeness (QED) is 0.816. The molecule has 2 heterocycles. The lowest BCUT2D eigenvalue weighted by molar-refractivity contribution is 0.00578. The molecule has 1 fully saturated rings. The molecule has 1 aliphatic rings. The number of thiazole rings is 1. The summed E-state index contributed by atoms with van der Waals surface area (Å²) in [5.41, 5.74) is 1.16. The second kappa shape index (κ2) is 5.37. The fourth-order valence-electron chi connectivity index (χ4n) is 2.25. The summed E-state index contributed by atoms with van der Waals surface area (Å²) in [5, 5.41) is 2.93. The van der Waals surface area contributed by atoms with Gasteiger partial charge in [0.25, 0.3) is 0 Å². The molecule has 1 aromatic heterocycles. The molecule has 1 aromatic carbocycles. The molecule has 0 spiro atoms. The lowest BCUT2D eigenvalue weighted by atomic mass is 9.86. The van der Waals surface area contributed by atoms with E-state index in [4.69, 9.17) is 14.0 Å². The Morgan fingerprint density at radius 2 is 1.82 bits per heavy atom. The lowest BCUT2D eigenvalue weighted by Gasteiger charge is -2.32. The number of methoxy groups -OCH3 is 1. The van der Waals surface area contributed by atoms with Crippen LogP contribution in [-0.4, -0.2) is 30.4 Å². The number of ether oxygens (including phenoxy) is 1. The molecule has 0 bridgehead atoms. The van der Waals surface area contributed by atoms with E-state index in [1.807, 2.05) is 57.3 Å². The minimum atomic E-state index is -0.416. The second-order valence-electron chi connectivity index (χ2n) is 6.40. The highest BCUT2D eigenvalue weighted by molar-refractivity contribution is 7.14. The van der Waals surface area contributed by atoms with E-state index >= 15 is 0 Å². The van der Waals surface area contributed by atoms with Crippen LogP contribution in [0.2, 0.25) is 0 Å². The van der Waals surface area contributed by atoms with Gasteiger partial charge in [-0.2, -0.15) is 0 Å². The molecule has 0 radical (unpaired) electrons. The van der Waals surface area contributed by atoms with Crippen molar-refractivity contribution in [3.05, 3.63) is 29.6 Å². The number of nitrogens with zero attached hydrogens (tertiary/aromatic N) is 1. The number of hydrogen-bond donors (Lipinski definition) is 0. The smallest absolute Gasteiger partial charge is 0.497 e. The molecular weight excluding hydrogens is 297 g/mol. The SMILES string of the molecule is COc1cccc(-c2nc(B3OC(C)(C)C(C)(C)O3)cs2)c1. The molecule has 22 heavy (non-hydrogen) atoms. The number of hydrogen-bond acceptors (Lipinski definition) is 5. The van der Waals surface area contributed by atoms with Crippen LogP contribution in [0.1, 0.15) is 27.7 Å². The molecule has 6 heteroatoms. The van der Waals surface area contributed by atoms with Gasteiger partial charge in [0.2, 0.25) is 0 Å². The van der Waals surface area contributed by atoms with Crippen LogP contribution in [0.4, 0.5) is 0 Å². The lowest BCUT2D eigenvalue weighted by Crippen LogP contribution is -2.41. The van der Waals surface area contributed by atoms with Crippen LogP contribution in [0.3, 0.4) is 0 Å². The van der Waals surface area contributed by atoms with Crippen LogP contribution >= 0.6 is 11.3 Å². The van der Waals surface area contributed by atoms with Crippen molar-refractivity contribution < 1.29 is 14.0 Å². The van der Waals surface area contributed by atoms with Crippen molar-refractivity contribution in [3.8, 4) is 16.3 Å². The van der Waals surface area contributed by atoms with Crippen molar-refractivity contribution in [1.82, 2.24) is 4.98 Å². The van der Waals surface area contributed by atoms with Crippen molar-refractivity contribution in [2.75, 3.05) is 7.11 Å². The fourth-order valence-corrected chi connectivity index (χ4v) is 3.06. The Morgan fingerprint density at radius 1 is 1.14 bits per heavy atom. The Bertz CT molecular complexity index is 668. The summed E-state index contributed by atoms with van der Waals surface area (Å²) < 4.78 is 17.3. The Labute approximate surface area is 135 Å². The van der Waals surface area contributed by atoms with E-state index in [9.17, 15) is 0 Å². The van der Waals surface area contributed by atoms with E-state index in [2.05, 4.69) is 4.98 Å². The van der Waals surface area contributed by atoms with Gasteiger partial charge in [-0.25, -0.2) is 4.98 Å². The maximum absolute atomic E-state index is 6.04. The third-order valence-electron chi connectivity index (χ3n) is 4.33. The molecule has 2 aromatic rings. The Balaban J connectivity index is 1.86. The zero-order valence-corrected chi connectivity index (χ0v) is 14.4. The maximum Gasteiger partial charge on any atom is 0.515 e. The summed E-state index contributed by atoms with van der Waals surface area (Å²) in [7, 11) is 1.25. The predicted octanol–water partition coefficient (Wildman–Crippen LogP) is 3.12. The zero-order chi connectivity index (χ0) is 16.0. The van der Waals surface area contributed by atoms with Gasteiger partial charge in [0.05, 0.1) is 23.9 Å². The normalized spacial score (nSPS) is 19.4. The summed E-state index contributed by atoms with van der Waals surface area (Å²) in [6, 6.07) is 7.89. The van der Waals surface area contributed by atoms with Gasteiger partial charge in [-0.3, -0.25) is 0 Å². The topological polar surface area (TPSA) is 40.6 Å². The van der Waals surface area contributed by atoms with Gasteiger partial charge >= 0.3 is 7.12 Å². The fraction of sp³-hybridized carbons (Fsp3) is 0.438. The molecule has 1 aliphatic heterocycles. The van der Waals surface area contributed by atoms with Crippen molar-refractivity contribution >= 4 is 24.0 Å². The van der Waals surface area contributed by atoms with Crippen molar-refractivity contribution in [2.45, 2.75) is 38.9 Å². The van der Waals surface area contributed by atoms with Crippen LogP contribution in [0.15, 0.2) is 29.6 Å². The highest BCUT2D eigenvalue weighted by Crippen LogP contribution is 2.36. The third kappa shape index (κ3) is 2.66. The monoisotopic (exact) mass is 317 g/mol. The average Bonchev–Trinajstić information content (AvgIpc) is 3.02. The summed E-state index contributed by atoms with van der Waals surface area (Å²) in [6.07, 6.45) is 0. The summed E-state index contributed by atoms with van der Waals surface area (Å²) >= 11 is 1.58. The highest BCUT2D eigenvalue weighted by Gasteiger charge is 2.52. The van der Waals surface area contributed by atoms with E-state index in [0.717, 1.165) is 21.9 Å². The van der Waals surface area contributed by atoms with Crippen LogP contribution in [0, 0.1) is 0 Å². The number of aromatic nitrogens is 1. The first-order chi connectivity index (χ1) is 10.3. The minimum absolute atomic E-state index is 0.350. The molecule has 1 saturated heterocycles. The van der Waals surface area contributed by atoms with Crippen molar-refractivity contribution in [2.24, 2.45) is 0 Å². The molecule has 0 aliphatic carbocycles. The largest absolute Gasteiger partial charge is 0.515 e. The van der Waals surface area contributed by atoms with Gasteiger partial charge in [0.1, 0.15) is 10.8 Å². The van der Waals surface area contributed by atoms with Crippen LogP contribution in [0.5, 0.6) is 5.75 Å². The van der Waals surface area contributed by atoms with Crippen LogP contribution in [-0.2, 0) is 9.31 Å². The van der Waals surface area contributed by atoms with Crippen LogP contribution < -0.4 is 10.3 Å². The molecule has 0 atom stereocenters. The third-order valence-corrected chi connectivity index (χ3v) is 5.24. The first kappa shape index (κ1) is 15.5. The molecule has 4 nitrogen and oxygen atoms in total. The van der Waals surface area contributed by atoms with E-state index in [-0.39, 0.29) is 11.2 Å². The summed E-state index contributed by atoms with van der Waals surface area (Å²) in [5.74, 6) is 0.824. The Kier molecular flexibility index (Phi) is 3.79. The van der Waals surface area contributed by atoms with Gasteiger partial charge in [-0.15, -0.1) is 11.3 Å². The van der Waals surface area contributed by atoms with E-state index in [1.165, 1.54) is 0 Å². The average molecular weight is 317 g/mol. The highest BCUT2D eigenvalue weighted by atomic mass is 32.1. The summed E-state index contributed by atoms with van der Waals surface area (Å²) in [4.78, 5) is 4.68. The standard InChI is InChI=1S/C16H20BNO3S/c1-15(2)16(3,4)21-17(20-15)13-10-22-14(18-13)11-7-6-8-12(9-11)19-5/h6-10H,1-5H3. The summed E-state index contributed by atoms with van der Waals surface area (Å²) in [6.45, 7) is 8.18. The predicted molar refractivity (Wildman–Crippen MR) is 89.8 cm³/mol. The molecule has 0 amide bonds. The van der Waals surface area contributed by atoms with E-state index in [1.54, 1.807) is 18.4 Å². The first-order valence-corrected chi connectivity index (χ1v) is 8.16. The molecule has 0 N–H and O–H groups in total. The second-order valence-corrected chi connectivity index (χ2v) is 7.26.